The van der Waals surface area contributed by atoms with E-state index in [1.807, 2.05) is 0 Å². The third kappa shape index (κ3) is 21.2. The monoisotopic (exact) mass is 1060 g/mol. The molecule has 422 valence electrons. The third-order valence-corrected chi connectivity index (χ3v) is 11.8. The molecule has 9 amide bonds. The molecule has 0 aliphatic carbocycles. The second-order valence-electron chi connectivity index (χ2n) is 22.2. The van der Waals surface area contributed by atoms with Gasteiger partial charge in [-0.1, -0.05) is 80.0 Å². The van der Waals surface area contributed by atoms with Crippen LogP contribution in [0.4, 0.5) is 4.79 Å². The van der Waals surface area contributed by atoms with E-state index < -0.39 is 154 Å². The van der Waals surface area contributed by atoms with E-state index in [4.69, 9.17) is 14.2 Å². The van der Waals surface area contributed by atoms with E-state index in [-0.39, 0.29) is 5.56 Å². The summed E-state index contributed by atoms with van der Waals surface area (Å²) < 4.78 is 15.6. The first kappa shape index (κ1) is 66.2. The Morgan fingerprint density at radius 1 is 0.507 bits per heavy atom. The molecule has 0 saturated heterocycles. The summed E-state index contributed by atoms with van der Waals surface area (Å²) >= 11 is 0. The van der Waals surface area contributed by atoms with E-state index in [0.717, 1.165) is 7.11 Å². The van der Waals surface area contributed by atoms with Gasteiger partial charge in [-0.05, 0) is 105 Å². The standard InChI is InChI=1S/C52H85N9O14/c1-20-30(8)37(56-39(63)34(27(2)3)54-40(64)35(28(4)5)57-45(69)50(13,14)59-33(62)26-53-48(72)75-49(10,11)12)43(67)60-51(15,16)46(70)58-38(31(9)74-44(68)32-24-22-21-23-25-32)41(65)55-36(29(6)7)42(66)61-52(17,18)47(71)73-19/h21-25,27-31,34-38H,20,26H2,1-19H3,(H,53,72)(H,54,64)(H,55,65)(H,56,63)(H,57,69)(H,58,70)(H,59,62)(H,60,67)(H,61,66)/t30-,31+,34-,35-,36-,37-,38-/m0/s1. The molecule has 1 rings (SSSR count). The Balaban J connectivity index is 3.41. The summed E-state index contributed by atoms with van der Waals surface area (Å²) in [4.78, 5) is 148. The highest BCUT2D eigenvalue weighted by atomic mass is 16.6. The van der Waals surface area contributed by atoms with Crippen LogP contribution >= 0.6 is 0 Å². The summed E-state index contributed by atoms with van der Waals surface area (Å²) in [6, 6.07) is 1.18. The Labute approximate surface area is 441 Å². The largest absolute Gasteiger partial charge is 0.467 e. The molecule has 0 bridgehead atoms. The summed E-state index contributed by atoms with van der Waals surface area (Å²) in [6.45, 7) is 27.5. The van der Waals surface area contributed by atoms with Gasteiger partial charge in [0, 0.05) is 0 Å². The highest BCUT2D eigenvalue weighted by Crippen LogP contribution is 2.17. The van der Waals surface area contributed by atoms with Crippen molar-refractivity contribution in [3.8, 4) is 0 Å². The Morgan fingerprint density at radius 3 is 1.36 bits per heavy atom. The molecule has 0 saturated carbocycles. The molecule has 9 N–H and O–H groups in total. The van der Waals surface area contributed by atoms with Crippen molar-refractivity contribution in [1.82, 2.24) is 47.9 Å². The molecule has 23 nitrogen and oxygen atoms in total. The van der Waals surface area contributed by atoms with Gasteiger partial charge in [-0.3, -0.25) is 38.4 Å². The number of nitrogens with one attached hydrogen (secondary N) is 9. The maximum absolute atomic E-state index is 14.3. The molecule has 23 heteroatoms. The second kappa shape index (κ2) is 28.2. The number of methoxy groups -OCH3 is 1. The predicted octanol–water partition coefficient (Wildman–Crippen LogP) is 2.05. The number of ether oxygens (including phenoxy) is 3. The molecule has 7 atom stereocenters. The molecule has 1 aromatic rings. The van der Waals surface area contributed by atoms with Crippen LogP contribution < -0.4 is 47.9 Å². The molecule has 0 aliphatic rings. The van der Waals surface area contributed by atoms with Gasteiger partial charge in [-0.25, -0.2) is 14.4 Å². The zero-order valence-corrected chi connectivity index (χ0v) is 47.3. The number of alkyl carbamates (subject to hydrolysis) is 1. The molecular weight excluding hydrogens is 975 g/mol. The number of carbonyl (C=O) groups is 11. The minimum Gasteiger partial charge on any atom is -0.467 e. The van der Waals surface area contributed by atoms with E-state index in [2.05, 4.69) is 47.9 Å². The molecule has 0 aliphatic heterocycles. The maximum atomic E-state index is 14.3. The number of amides is 9. The van der Waals surface area contributed by atoms with Gasteiger partial charge in [0.2, 0.25) is 47.3 Å². The smallest absolute Gasteiger partial charge is 0.408 e. The van der Waals surface area contributed by atoms with Crippen molar-refractivity contribution in [3.05, 3.63) is 35.9 Å². The van der Waals surface area contributed by atoms with Crippen LogP contribution in [0, 0.1) is 23.7 Å². The van der Waals surface area contributed by atoms with Gasteiger partial charge in [0.1, 0.15) is 65.1 Å². The maximum Gasteiger partial charge on any atom is 0.408 e. The summed E-state index contributed by atoms with van der Waals surface area (Å²) in [5, 5.41) is 23.3. The average molecular weight is 1060 g/mol. The van der Waals surface area contributed by atoms with Crippen LogP contribution in [0.5, 0.6) is 0 Å². The summed E-state index contributed by atoms with van der Waals surface area (Å²) in [7, 11) is 1.15. The van der Waals surface area contributed by atoms with Crippen LogP contribution in [-0.4, -0.2) is 137 Å². The Bertz CT molecular complexity index is 2210. The minimum absolute atomic E-state index is 0.144. The van der Waals surface area contributed by atoms with Crippen LogP contribution in [0.25, 0.3) is 0 Å². The lowest BCUT2D eigenvalue weighted by atomic mass is 9.94. The van der Waals surface area contributed by atoms with Crippen molar-refractivity contribution in [1.29, 1.82) is 0 Å². The quantitative estimate of drug-likeness (QED) is 0.0474. The first-order valence-corrected chi connectivity index (χ1v) is 25.1. The van der Waals surface area contributed by atoms with Crippen LogP contribution in [0.2, 0.25) is 0 Å². The first-order valence-electron chi connectivity index (χ1n) is 25.1. The van der Waals surface area contributed by atoms with Crippen LogP contribution in [-0.2, 0) is 57.4 Å². The van der Waals surface area contributed by atoms with Crippen molar-refractivity contribution in [3.63, 3.8) is 0 Å². The van der Waals surface area contributed by atoms with Gasteiger partial charge in [-0.15, -0.1) is 0 Å². The molecule has 0 unspecified atom stereocenters. The zero-order chi connectivity index (χ0) is 58.1. The number of rotatable bonds is 26. The molecule has 0 radical (unpaired) electrons. The lowest BCUT2D eigenvalue weighted by molar-refractivity contribution is -0.150. The normalized spacial score (nSPS) is 14.7. The highest BCUT2D eigenvalue weighted by molar-refractivity contribution is 6.00. The van der Waals surface area contributed by atoms with Crippen molar-refractivity contribution in [2.45, 2.75) is 190 Å². The molecule has 0 spiro atoms. The number of hydrogen-bond donors (Lipinski definition) is 9. The molecule has 0 aromatic heterocycles. The van der Waals surface area contributed by atoms with E-state index in [1.54, 1.807) is 94.4 Å². The minimum atomic E-state index is -1.83. The van der Waals surface area contributed by atoms with Crippen molar-refractivity contribution >= 4 is 65.3 Å². The number of hydrogen-bond acceptors (Lipinski definition) is 14. The van der Waals surface area contributed by atoms with Crippen LogP contribution in [0.3, 0.4) is 0 Å². The second-order valence-corrected chi connectivity index (χ2v) is 22.2. The van der Waals surface area contributed by atoms with Gasteiger partial charge in [0.15, 0.2) is 0 Å². The molecule has 75 heavy (non-hydrogen) atoms. The molecule has 0 fully saturated rings. The number of esters is 2. The predicted molar refractivity (Wildman–Crippen MR) is 278 cm³/mol. The fourth-order valence-electron chi connectivity index (χ4n) is 7.01. The van der Waals surface area contributed by atoms with Crippen LogP contribution in [0.1, 0.15) is 141 Å². The van der Waals surface area contributed by atoms with Gasteiger partial charge in [-0.2, -0.15) is 0 Å². The van der Waals surface area contributed by atoms with E-state index in [9.17, 15) is 52.7 Å². The molecular formula is C52H85N9O14. The summed E-state index contributed by atoms with van der Waals surface area (Å²) in [5.74, 6) is -10.2. The van der Waals surface area contributed by atoms with Crippen molar-refractivity contribution in [2.75, 3.05) is 13.7 Å². The van der Waals surface area contributed by atoms with Gasteiger partial charge in [0.05, 0.1) is 12.7 Å². The molecule has 1 aromatic carbocycles. The van der Waals surface area contributed by atoms with Crippen molar-refractivity contribution in [2.24, 2.45) is 23.7 Å². The van der Waals surface area contributed by atoms with E-state index in [0.29, 0.717) is 6.42 Å². The third-order valence-electron chi connectivity index (χ3n) is 11.8. The summed E-state index contributed by atoms with van der Waals surface area (Å²) in [5.41, 5.74) is -5.55. The first-order chi connectivity index (χ1) is 34.3. The van der Waals surface area contributed by atoms with Gasteiger partial charge < -0.3 is 62.1 Å². The summed E-state index contributed by atoms with van der Waals surface area (Å²) in [6.07, 6.45) is -1.85. The average Bonchev–Trinajstić information content (AvgIpc) is 3.29. The van der Waals surface area contributed by atoms with Gasteiger partial charge in [0.25, 0.3) is 0 Å². The molecule has 0 heterocycles. The fourth-order valence-corrected chi connectivity index (χ4v) is 7.01. The lowest BCUT2D eigenvalue weighted by Gasteiger charge is -2.34. The Kier molecular flexibility index (Phi) is 24.9. The number of benzene rings is 1. The Morgan fingerprint density at radius 2 is 0.907 bits per heavy atom. The van der Waals surface area contributed by atoms with Gasteiger partial charge >= 0.3 is 18.0 Å². The highest BCUT2D eigenvalue weighted by Gasteiger charge is 2.42. The van der Waals surface area contributed by atoms with Crippen LogP contribution in [0.15, 0.2) is 30.3 Å². The van der Waals surface area contributed by atoms with Crippen molar-refractivity contribution < 1.29 is 67.0 Å². The zero-order valence-electron chi connectivity index (χ0n) is 47.3. The fraction of sp³-hybridized carbons (Fsp3) is 0.673. The van der Waals surface area contributed by atoms with E-state index >= 15 is 0 Å². The SMILES string of the molecule is CC[C@H](C)[C@H](NC(=O)[C@@H](NC(=O)[C@@H](NC(=O)C(C)(C)NC(=O)CNC(=O)OC(C)(C)C)C(C)C)C(C)C)C(=O)NC(C)(C)C(=O)N[C@H](C(=O)N[C@H](C(=O)NC(C)(C)C(=O)OC)C(C)C)[C@@H](C)OC(=O)c1ccccc1. The van der Waals surface area contributed by atoms with E-state index in [1.165, 1.54) is 60.6 Å². The lowest BCUT2D eigenvalue weighted by Crippen LogP contribution is -2.66. The topological polar surface area (TPSA) is 324 Å². The number of carbonyl (C=O) groups excluding carboxylic acids is 11. The Hall–Kier alpha value is -6.81.